The van der Waals surface area contributed by atoms with Crippen LogP contribution in [0.2, 0.25) is 0 Å². The molecule has 3 rings (SSSR count). The van der Waals surface area contributed by atoms with E-state index >= 15 is 0 Å². The Kier molecular flexibility index (Phi) is 2.54. The van der Waals surface area contributed by atoms with Crippen molar-refractivity contribution in [2.24, 2.45) is 0 Å². The van der Waals surface area contributed by atoms with Gasteiger partial charge < -0.3 is 5.11 Å². The van der Waals surface area contributed by atoms with Crippen molar-refractivity contribution in [3.8, 4) is 0 Å². The van der Waals surface area contributed by atoms with Crippen molar-refractivity contribution >= 4 is 11.3 Å². The fourth-order valence-electron chi connectivity index (χ4n) is 2.02. The Morgan fingerprint density at radius 1 is 1.19 bits per heavy atom. The summed E-state index contributed by atoms with van der Waals surface area (Å²) in [6, 6.07) is 10.4. The van der Waals surface area contributed by atoms with Crippen LogP contribution in [0.3, 0.4) is 0 Å². The molecule has 0 spiro atoms. The molecule has 1 atom stereocenters. The van der Waals surface area contributed by atoms with Gasteiger partial charge in [0.25, 0.3) is 0 Å². The molecule has 1 aliphatic carbocycles. The van der Waals surface area contributed by atoms with Crippen LogP contribution in [0.4, 0.5) is 0 Å². The smallest absolute Gasteiger partial charge is 0.105 e. The highest BCUT2D eigenvalue weighted by atomic mass is 32.1. The average Bonchev–Trinajstić information content (AvgIpc) is 3.04. The second-order valence-corrected chi connectivity index (χ2v) is 5.18. The lowest BCUT2D eigenvalue weighted by molar-refractivity contribution is 0.220. The van der Waals surface area contributed by atoms with Crippen molar-refractivity contribution in [1.29, 1.82) is 0 Å². The molecule has 1 N–H and O–H groups in total. The molecule has 82 valence electrons. The summed E-state index contributed by atoms with van der Waals surface area (Å²) >= 11 is 1.63. The van der Waals surface area contributed by atoms with E-state index in [0.29, 0.717) is 0 Å². The minimum atomic E-state index is -0.468. The van der Waals surface area contributed by atoms with Gasteiger partial charge in [-0.05, 0) is 52.3 Å². The molecule has 0 aliphatic heterocycles. The molecule has 1 fully saturated rings. The number of thiophene rings is 1. The monoisotopic (exact) mass is 230 g/mol. The van der Waals surface area contributed by atoms with Gasteiger partial charge in [-0.25, -0.2) is 0 Å². The molecule has 1 aromatic carbocycles. The number of benzene rings is 1. The highest BCUT2D eigenvalue weighted by Crippen LogP contribution is 2.40. The van der Waals surface area contributed by atoms with Gasteiger partial charge in [-0.15, -0.1) is 0 Å². The van der Waals surface area contributed by atoms with Gasteiger partial charge in [-0.1, -0.05) is 24.3 Å². The maximum absolute atomic E-state index is 10.2. The Balaban J connectivity index is 1.90. The van der Waals surface area contributed by atoms with Gasteiger partial charge in [0.15, 0.2) is 0 Å². The summed E-state index contributed by atoms with van der Waals surface area (Å²) in [6.45, 7) is 0. The molecule has 1 saturated carbocycles. The quantitative estimate of drug-likeness (QED) is 0.852. The molecular weight excluding hydrogens is 216 g/mol. The summed E-state index contributed by atoms with van der Waals surface area (Å²) in [5, 5.41) is 14.2. The molecule has 1 nitrogen and oxygen atoms in total. The minimum absolute atomic E-state index is 0.468. The normalized spacial score (nSPS) is 17.3. The van der Waals surface area contributed by atoms with Crippen molar-refractivity contribution in [2.75, 3.05) is 0 Å². The summed E-state index contributed by atoms with van der Waals surface area (Å²) in [6.07, 6.45) is 2.14. The van der Waals surface area contributed by atoms with Crippen molar-refractivity contribution < 1.29 is 5.11 Å². The number of hydrogen-bond donors (Lipinski definition) is 1. The SMILES string of the molecule is OC(c1ccsc1)c1cccc(C2CC2)c1. The van der Waals surface area contributed by atoms with Gasteiger partial charge >= 0.3 is 0 Å². The zero-order chi connectivity index (χ0) is 11.0. The molecule has 1 unspecified atom stereocenters. The van der Waals surface area contributed by atoms with Crippen LogP contribution in [-0.2, 0) is 0 Å². The van der Waals surface area contributed by atoms with Gasteiger partial charge in [0, 0.05) is 0 Å². The third kappa shape index (κ3) is 1.91. The second kappa shape index (κ2) is 4.04. The van der Waals surface area contributed by atoms with Crippen LogP contribution in [0.15, 0.2) is 41.1 Å². The molecule has 2 heteroatoms. The zero-order valence-corrected chi connectivity index (χ0v) is 9.78. The largest absolute Gasteiger partial charge is 0.384 e. The van der Waals surface area contributed by atoms with Crippen LogP contribution in [0.25, 0.3) is 0 Å². The van der Waals surface area contributed by atoms with E-state index in [2.05, 4.69) is 18.2 Å². The van der Waals surface area contributed by atoms with E-state index < -0.39 is 6.10 Å². The summed E-state index contributed by atoms with van der Waals surface area (Å²) < 4.78 is 0. The summed E-state index contributed by atoms with van der Waals surface area (Å²) in [5.41, 5.74) is 3.40. The number of aliphatic hydroxyl groups is 1. The van der Waals surface area contributed by atoms with Crippen LogP contribution in [0.1, 0.15) is 41.6 Å². The Morgan fingerprint density at radius 2 is 2.06 bits per heavy atom. The van der Waals surface area contributed by atoms with E-state index in [-0.39, 0.29) is 0 Å². The third-order valence-electron chi connectivity index (χ3n) is 3.13. The maximum atomic E-state index is 10.2. The zero-order valence-electron chi connectivity index (χ0n) is 8.97. The van der Waals surface area contributed by atoms with E-state index in [1.54, 1.807) is 11.3 Å². The maximum Gasteiger partial charge on any atom is 0.105 e. The summed E-state index contributed by atoms with van der Waals surface area (Å²) in [7, 11) is 0. The fourth-order valence-corrected chi connectivity index (χ4v) is 2.70. The van der Waals surface area contributed by atoms with E-state index in [0.717, 1.165) is 17.0 Å². The van der Waals surface area contributed by atoms with Gasteiger partial charge in [-0.3, -0.25) is 0 Å². The summed E-state index contributed by atoms with van der Waals surface area (Å²) in [5.74, 6) is 0.745. The van der Waals surface area contributed by atoms with Crippen LogP contribution in [0.5, 0.6) is 0 Å². The fraction of sp³-hybridized carbons (Fsp3) is 0.286. The predicted molar refractivity (Wildman–Crippen MR) is 66.8 cm³/mol. The Bertz CT molecular complexity index is 471. The molecule has 0 saturated heterocycles. The highest BCUT2D eigenvalue weighted by molar-refractivity contribution is 7.07. The van der Waals surface area contributed by atoms with Gasteiger partial charge in [0.05, 0.1) is 0 Å². The van der Waals surface area contributed by atoms with Gasteiger partial charge in [-0.2, -0.15) is 11.3 Å². The highest BCUT2D eigenvalue weighted by Gasteiger charge is 2.24. The number of aliphatic hydroxyl groups excluding tert-OH is 1. The number of rotatable bonds is 3. The standard InChI is InChI=1S/C14H14OS/c15-14(13-6-7-16-9-13)12-3-1-2-11(8-12)10-4-5-10/h1-3,6-10,14-15H,4-5H2. The first kappa shape index (κ1) is 10.1. The molecule has 0 amide bonds. The Hall–Kier alpha value is -1.12. The van der Waals surface area contributed by atoms with Crippen molar-refractivity contribution in [2.45, 2.75) is 24.9 Å². The third-order valence-corrected chi connectivity index (χ3v) is 3.84. The van der Waals surface area contributed by atoms with Gasteiger partial charge in [0.1, 0.15) is 6.10 Å². The molecule has 1 heterocycles. The van der Waals surface area contributed by atoms with Crippen molar-refractivity contribution in [3.05, 3.63) is 57.8 Å². The molecule has 0 bridgehead atoms. The van der Waals surface area contributed by atoms with E-state index in [4.69, 9.17) is 0 Å². The molecule has 2 aromatic rings. The first-order valence-corrected chi connectivity index (χ1v) is 6.59. The molecule has 16 heavy (non-hydrogen) atoms. The first-order chi connectivity index (χ1) is 7.84. The molecular formula is C14H14OS. The lowest BCUT2D eigenvalue weighted by Crippen LogP contribution is -1.98. The number of hydrogen-bond acceptors (Lipinski definition) is 2. The van der Waals surface area contributed by atoms with E-state index in [1.807, 2.05) is 22.9 Å². The van der Waals surface area contributed by atoms with Crippen LogP contribution >= 0.6 is 11.3 Å². The van der Waals surface area contributed by atoms with Gasteiger partial charge in [0.2, 0.25) is 0 Å². The van der Waals surface area contributed by atoms with Crippen LogP contribution in [-0.4, -0.2) is 5.11 Å². The van der Waals surface area contributed by atoms with Crippen LogP contribution in [0, 0.1) is 0 Å². The van der Waals surface area contributed by atoms with Crippen molar-refractivity contribution in [1.82, 2.24) is 0 Å². The average molecular weight is 230 g/mol. The lowest BCUT2D eigenvalue weighted by Gasteiger charge is -2.10. The Labute approximate surface area is 99.4 Å². The second-order valence-electron chi connectivity index (χ2n) is 4.40. The topological polar surface area (TPSA) is 20.2 Å². The van der Waals surface area contributed by atoms with E-state index in [1.165, 1.54) is 18.4 Å². The van der Waals surface area contributed by atoms with Crippen molar-refractivity contribution in [3.63, 3.8) is 0 Å². The first-order valence-electron chi connectivity index (χ1n) is 5.64. The predicted octanol–water partition coefficient (Wildman–Crippen LogP) is 3.71. The molecule has 0 radical (unpaired) electrons. The minimum Gasteiger partial charge on any atom is -0.384 e. The lowest BCUT2D eigenvalue weighted by atomic mass is 10.0. The molecule has 1 aromatic heterocycles. The molecule has 1 aliphatic rings. The summed E-state index contributed by atoms with van der Waals surface area (Å²) in [4.78, 5) is 0. The Morgan fingerprint density at radius 3 is 2.75 bits per heavy atom. The van der Waals surface area contributed by atoms with Crippen LogP contribution < -0.4 is 0 Å². The van der Waals surface area contributed by atoms with E-state index in [9.17, 15) is 5.11 Å².